The minimum atomic E-state index is -1.05. The van der Waals surface area contributed by atoms with E-state index in [9.17, 15) is 9.59 Å². The van der Waals surface area contributed by atoms with Gasteiger partial charge in [0.25, 0.3) is 0 Å². The van der Waals surface area contributed by atoms with Crippen molar-refractivity contribution in [3.8, 4) is 0 Å². The Balaban J connectivity index is 3.95. The number of carbonyl (C=O) groups excluding carboxylic acids is 1. The Hall–Kier alpha value is -0.940. The number of nitrogens with one attached hydrogen (secondary N) is 1. The van der Waals surface area contributed by atoms with Gasteiger partial charge in [-0.1, -0.05) is 0 Å². The number of carboxylic acids is 1. The Bertz CT molecular complexity index is 172. The van der Waals surface area contributed by atoms with Crippen LogP contribution in [-0.2, 0) is 9.59 Å². The number of aliphatic carboxylic acids is 1. The van der Waals surface area contributed by atoms with E-state index in [1.54, 1.807) is 7.05 Å². The van der Waals surface area contributed by atoms with Crippen LogP contribution in [0.5, 0.6) is 0 Å². The summed E-state index contributed by atoms with van der Waals surface area (Å²) in [5.74, 6) is -0.942. The lowest BCUT2D eigenvalue weighted by Gasteiger charge is -2.21. The molecule has 0 heterocycles. The highest BCUT2D eigenvalue weighted by atomic mass is 16.4. The van der Waals surface area contributed by atoms with Crippen LogP contribution in [0, 0.1) is 0 Å². The van der Waals surface area contributed by atoms with Crippen LogP contribution in [0.2, 0.25) is 0 Å². The number of carboxylic acid groups (broad SMARTS) is 1. The molecule has 5 heteroatoms. The standard InChI is InChI=1S/C7H14N2O3/c1-9-4-7(8,5-10)3-2-6(11)12/h5,9H,2-4,8H2,1H3,(H,11,12)/t7-/m1/s1. The van der Waals surface area contributed by atoms with Crippen LogP contribution in [0.25, 0.3) is 0 Å². The SMILES string of the molecule is CNC[C@@](N)(C=O)CCC(=O)O. The molecule has 0 aliphatic heterocycles. The van der Waals surface area contributed by atoms with Gasteiger partial charge in [-0.15, -0.1) is 0 Å². The van der Waals surface area contributed by atoms with E-state index in [1.807, 2.05) is 0 Å². The molecule has 0 amide bonds. The van der Waals surface area contributed by atoms with Crippen molar-refractivity contribution in [3.05, 3.63) is 0 Å². The van der Waals surface area contributed by atoms with Crippen molar-refractivity contribution in [2.45, 2.75) is 18.4 Å². The molecule has 0 bridgehead atoms. The van der Waals surface area contributed by atoms with Crippen LogP contribution >= 0.6 is 0 Å². The molecule has 0 saturated heterocycles. The number of hydrogen-bond acceptors (Lipinski definition) is 4. The highest BCUT2D eigenvalue weighted by Gasteiger charge is 2.23. The van der Waals surface area contributed by atoms with Crippen LogP contribution in [0.15, 0.2) is 0 Å². The van der Waals surface area contributed by atoms with Crippen LogP contribution < -0.4 is 11.1 Å². The van der Waals surface area contributed by atoms with Gasteiger partial charge in [0.1, 0.15) is 6.29 Å². The Labute approximate surface area is 70.9 Å². The fourth-order valence-corrected chi connectivity index (χ4v) is 0.858. The first-order chi connectivity index (χ1) is 5.54. The van der Waals surface area contributed by atoms with Crippen molar-refractivity contribution in [3.63, 3.8) is 0 Å². The maximum atomic E-state index is 10.5. The molecule has 70 valence electrons. The first-order valence-electron chi connectivity index (χ1n) is 3.65. The minimum Gasteiger partial charge on any atom is -0.481 e. The first kappa shape index (κ1) is 11.1. The van der Waals surface area contributed by atoms with Crippen LogP contribution in [0.3, 0.4) is 0 Å². The lowest BCUT2D eigenvalue weighted by molar-refractivity contribution is -0.137. The van der Waals surface area contributed by atoms with Crippen LogP contribution in [-0.4, -0.2) is 36.5 Å². The van der Waals surface area contributed by atoms with E-state index in [0.29, 0.717) is 12.8 Å². The number of nitrogens with two attached hydrogens (primary N) is 1. The average Bonchev–Trinajstić information content (AvgIpc) is 2.02. The monoisotopic (exact) mass is 174 g/mol. The zero-order chi connectivity index (χ0) is 9.61. The number of aldehydes is 1. The fourth-order valence-electron chi connectivity index (χ4n) is 0.858. The highest BCUT2D eigenvalue weighted by Crippen LogP contribution is 2.05. The second kappa shape index (κ2) is 4.84. The van der Waals surface area contributed by atoms with Crippen molar-refractivity contribution in [2.75, 3.05) is 13.6 Å². The molecule has 0 saturated carbocycles. The summed E-state index contributed by atoms with van der Waals surface area (Å²) < 4.78 is 0. The molecule has 0 unspecified atom stereocenters. The van der Waals surface area contributed by atoms with Gasteiger partial charge >= 0.3 is 5.97 Å². The second-order valence-corrected chi connectivity index (χ2v) is 2.78. The van der Waals surface area contributed by atoms with E-state index in [-0.39, 0.29) is 12.8 Å². The number of carbonyl (C=O) groups is 2. The van der Waals surface area contributed by atoms with Crippen LogP contribution in [0.4, 0.5) is 0 Å². The summed E-state index contributed by atoms with van der Waals surface area (Å²) in [7, 11) is 1.66. The topological polar surface area (TPSA) is 92.4 Å². The molecule has 0 radical (unpaired) electrons. The minimum absolute atomic E-state index is 0.0864. The van der Waals surface area contributed by atoms with Gasteiger partial charge in [0.05, 0.1) is 5.54 Å². The zero-order valence-electron chi connectivity index (χ0n) is 7.04. The molecule has 0 spiro atoms. The van der Waals surface area contributed by atoms with Gasteiger partial charge in [0.15, 0.2) is 0 Å². The van der Waals surface area contributed by atoms with E-state index in [2.05, 4.69) is 5.32 Å². The van der Waals surface area contributed by atoms with Crippen molar-refractivity contribution in [2.24, 2.45) is 5.73 Å². The average molecular weight is 174 g/mol. The van der Waals surface area contributed by atoms with E-state index < -0.39 is 11.5 Å². The van der Waals surface area contributed by atoms with Gasteiger partial charge in [0, 0.05) is 13.0 Å². The van der Waals surface area contributed by atoms with Gasteiger partial charge in [-0.25, -0.2) is 0 Å². The molecule has 0 aromatic rings. The smallest absolute Gasteiger partial charge is 0.303 e. The predicted molar refractivity (Wildman–Crippen MR) is 43.8 cm³/mol. The summed E-state index contributed by atoms with van der Waals surface area (Å²) in [4.78, 5) is 20.6. The summed E-state index contributed by atoms with van der Waals surface area (Å²) in [5, 5.41) is 11.1. The lowest BCUT2D eigenvalue weighted by atomic mass is 9.96. The molecule has 0 aromatic heterocycles. The quantitative estimate of drug-likeness (QED) is 0.448. The van der Waals surface area contributed by atoms with Gasteiger partial charge in [0.2, 0.25) is 0 Å². The van der Waals surface area contributed by atoms with Crippen molar-refractivity contribution in [1.29, 1.82) is 0 Å². The maximum absolute atomic E-state index is 10.5. The second-order valence-electron chi connectivity index (χ2n) is 2.78. The third kappa shape index (κ3) is 4.05. The van der Waals surface area contributed by atoms with E-state index >= 15 is 0 Å². The summed E-state index contributed by atoms with van der Waals surface area (Å²) in [5.41, 5.74) is 4.51. The molecule has 0 rings (SSSR count). The van der Waals surface area contributed by atoms with Gasteiger partial charge in [-0.3, -0.25) is 4.79 Å². The van der Waals surface area contributed by atoms with Crippen molar-refractivity contribution >= 4 is 12.3 Å². The Morgan fingerprint density at radius 1 is 1.75 bits per heavy atom. The Kier molecular flexibility index (Phi) is 4.46. The summed E-state index contributed by atoms with van der Waals surface area (Å²) in [6.45, 7) is 0.295. The Morgan fingerprint density at radius 2 is 2.33 bits per heavy atom. The molecular weight excluding hydrogens is 160 g/mol. The molecular formula is C7H14N2O3. The number of likely N-dealkylation sites (N-methyl/N-ethyl adjacent to an activating group) is 1. The van der Waals surface area contributed by atoms with E-state index in [0.717, 1.165) is 0 Å². The fraction of sp³-hybridized carbons (Fsp3) is 0.714. The molecule has 1 atom stereocenters. The molecule has 0 aliphatic rings. The largest absolute Gasteiger partial charge is 0.481 e. The molecule has 0 fully saturated rings. The predicted octanol–water partition coefficient (Wildman–Crippen LogP) is -1.03. The van der Waals surface area contributed by atoms with Gasteiger partial charge in [-0.2, -0.15) is 0 Å². The number of hydrogen-bond donors (Lipinski definition) is 3. The molecule has 5 nitrogen and oxygen atoms in total. The first-order valence-corrected chi connectivity index (χ1v) is 3.65. The highest BCUT2D eigenvalue weighted by molar-refractivity contribution is 5.70. The molecule has 0 aromatic carbocycles. The maximum Gasteiger partial charge on any atom is 0.303 e. The molecule has 12 heavy (non-hydrogen) atoms. The summed E-state index contributed by atoms with van der Waals surface area (Å²) >= 11 is 0. The van der Waals surface area contributed by atoms with E-state index in [1.165, 1.54) is 0 Å². The van der Waals surface area contributed by atoms with Crippen molar-refractivity contribution < 1.29 is 14.7 Å². The third-order valence-corrected chi connectivity index (χ3v) is 1.54. The summed E-state index contributed by atoms with van der Waals surface area (Å²) in [6, 6.07) is 0. The lowest BCUT2D eigenvalue weighted by Crippen LogP contribution is -2.49. The molecule has 4 N–H and O–H groups in total. The normalized spacial score (nSPS) is 15.2. The zero-order valence-corrected chi connectivity index (χ0v) is 7.04. The third-order valence-electron chi connectivity index (χ3n) is 1.54. The summed E-state index contributed by atoms with van der Waals surface area (Å²) in [6.07, 6.45) is 0.663. The number of rotatable bonds is 6. The van der Waals surface area contributed by atoms with Crippen LogP contribution in [0.1, 0.15) is 12.8 Å². The van der Waals surface area contributed by atoms with Gasteiger partial charge < -0.3 is 21.0 Å². The van der Waals surface area contributed by atoms with E-state index in [4.69, 9.17) is 10.8 Å². The van der Waals surface area contributed by atoms with Gasteiger partial charge in [-0.05, 0) is 13.5 Å². The Morgan fingerprint density at radius 3 is 2.67 bits per heavy atom. The van der Waals surface area contributed by atoms with Crippen molar-refractivity contribution in [1.82, 2.24) is 5.32 Å². The molecule has 0 aliphatic carbocycles.